The number of ether oxygens (including phenoxy) is 2. The van der Waals surface area contributed by atoms with E-state index in [0.29, 0.717) is 11.3 Å². The highest BCUT2D eigenvalue weighted by atomic mass is 19.1. The van der Waals surface area contributed by atoms with Crippen LogP contribution in [0.3, 0.4) is 0 Å². The maximum atomic E-state index is 14.5. The Bertz CT molecular complexity index is 1070. The second kappa shape index (κ2) is 9.53. The number of pyridine rings is 1. The summed E-state index contributed by atoms with van der Waals surface area (Å²) in [6.45, 7) is 0.726. The molecule has 7 nitrogen and oxygen atoms in total. The van der Waals surface area contributed by atoms with Gasteiger partial charge in [0.05, 0.1) is 17.6 Å². The number of aliphatic carboxylic acids is 1. The minimum absolute atomic E-state index is 0.00451. The van der Waals surface area contributed by atoms with Gasteiger partial charge in [-0.15, -0.1) is 0 Å². The van der Waals surface area contributed by atoms with Crippen LogP contribution in [0.15, 0.2) is 54.9 Å². The van der Waals surface area contributed by atoms with Gasteiger partial charge in [-0.2, -0.15) is 5.10 Å². The number of carboxylic acid groups (broad SMARTS) is 1. The summed E-state index contributed by atoms with van der Waals surface area (Å²) < 4.78 is 27.9. The van der Waals surface area contributed by atoms with Crippen molar-refractivity contribution in [3.05, 3.63) is 71.8 Å². The fourth-order valence-electron chi connectivity index (χ4n) is 3.44. The third kappa shape index (κ3) is 4.97. The first kappa shape index (κ1) is 20.7. The Labute approximate surface area is 178 Å². The number of hydrogen-bond acceptors (Lipinski definition) is 5. The molecular weight excluding hydrogens is 401 g/mol. The Morgan fingerprint density at radius 2 is 2.19 bits per heavy atom. The van der Waals surface area contributed by atoms with E-state index in [2.05, 4.69) is 10.1 Å². The molecule has 0 saturated carbocycles. The van der Waals surface area contributed by atoms with Gasteiger partial charge < -0.3 is 14.6 Å². The summed E-state index contributed by atoms with van der Waals surface area (Å²) in [5.74, 6) is -1.15. The lowest BCUT2D eigenvalue weighted by atomic mass is 10.1. The summed E-state index contributed by atoms with van der Waals surface area (Å²) in [4.78, 5) is 15.1. The van der Waals surface area contributed by atoms with Gasteiger partial charge in [-0.05, 0) is 43.5 Å². The van der Waals surface area contributed by atoms with Crippen LogP contribution in [0.1, 0.15) is 36.6 Å². The zero-order valence-electron chi connectivity index (χ0n) is 16.8. The summed E-state index contributed by atoms with van der Waals surface area (Å²) in [6, 6.07) is 10.2. The quantitative estimate of drug-likeness (QED) is 0.565. The summed E-state index contributed by atoms with van der Waals surface area (Å²) in [5, 5.41) is 13.1. The summed E-state index contributed by atoms with van der Waals surface area (Å²) in [6.07, 6.45) is 8.44. The molecule has 4 rings (SSSR count). The molecule has 160 valence electrons. The normalized spacial score (nSPS) is 16.5. The van der Waals surface area contributed by atoms with Crippen molar-refractivity contribution in [3.63, 3.8) is 0 Å². The van der Waals surface area contributed by atoms with Crippen LogP contribution in [-0.4, -0.2) is 32.4 Å². The maximum absolute atomic E-state index is 14.5. The molecule has 0 aliphatic carbocycles. The van der Waals surface area contributed by atoms with E-state index in [9.17, 15) is 9.18 Å². The second-order valence-corrected chi connectivity index (χ2v) is 7.14. The molecule has 3 aromatic rings. The van der Waals surface area contributed by atoms with Crippen molar-refractivity contribution >= 4 is 12.0 Å². The fourth-order valence-corrected chi connectivity index (χ4v) is 3.44. The molecule has 1 atom stereocenters. The van der Waals surface area contributed by atoms with Gasteiger partial charge in [0.15, 0.2) is 6.23 Å². The molecule has 1 saturated heterocycles. The Balaban J connectivity index is 1.44. The van der Waals surface area contributed by atoms with E-state index in [1.807, 2.05) is 16.8 Å². The van der Waals surface area contributed by atoms with Crippen LogP contribution in [0, 0.1) is 5.82 Å². The SMILES string of the molecule is O=C(O)/C=C/c1cccc(COc2ccc(-c3ccnn3C3CCCCO3)nc2)c1F. The molecule has 0 spiro atoms. The molecule has 31 heavy (non-hydrogen) atoms. The first-order valence-electron chi connectivity index (χ1n) is 10.0. The van der Waals surface area contributed by atoms with Gasteiger partial charge in [0.25, 0.3) is 0 Å². The number of nitrogens with zero attached hydrogens (tertiary/aromatic N) is 3. The molecule has 0 bridgehead atoms. The lowest BCUT2D eigenvalue weighted by Gasteiger charge is -2.24. The van der Waals surface area contributed by atoms with Crippen molar-refractivity contribution in [1.29, 1.82) is 0 Å². The molecular formula is C23H22FN3O4. The molecule has 1 aliphatic rings. The smallest absolute Gasteiger partial charge is 0.328 e. The number of aromatic nitrogens is 3. The topological polar surface area (TPSA) is 86.5 Å². The minimum Gasteiger partial charge on any atom is -0.487 e. The van der Waals surface area contributed by atoms with Gasteiger partial charge in [0, 0.05) is 30.0 Å². The molecule has 1 aliphatic heterocycles. The van der Waals surface area contributed by atoms with E-state index >= 15 is 0 Å². The first-order valence-corrected chi connectivity index (χ1v) is 10.0. The van der Waals surface area contributed by atoms with Crippen molar-refractivity contribution in [2.75, 3.05) is 6.61 Å². The molecule has 0 radical (unpaired) electrons. The van der Waals surface area contributed by atoms with E-state index < -0.39 is 11.8 Å². The van der Waals surface area contributed by atoms with Crippen molar-refractivity contribution in [2.45, 2.75) is 32.1 Å². The fraction of sp³-hybridized carbons (Fsp3) is 0.261. The van der Waals surface area contributed by atoms with E-state index in [4.69, 9.17) is 14.6 Å². The Morgan fingerprint density at radius 1 is 1.29 bits per heavy atom. The van der Waals surface area contributed by atoms with Gasteiger partial charge in [-0.25, -0.2) is 13.9 Å². The predicted molar refractivity (Wildman–Crippen MR) is 112 cm³/mol. The van der Waals surface area contributed by atoms with Crippen LogP contribution in [-0.2, 0) is 16.1 Å². The largest absolute Gasteiger partial charge is 0.487 e. The maximum Gasteiger partial charge on any atom is 0.328 e. The van der Waals surface area contributed by atoms with Crippen LogP contribution in [0.2, 0.25) is 0 Å². The van der Waals surface area contributed by atoms with E-state index in [-0.39, 0.29) is 18.4 Å². The summed E-state index contributed by atoms with van der Waals surface area (Å²) in [7, 11) is 0. The zero-order valence-corrected chi connectivity index (χ0v) is 16.8. The summed E-state index contributed by atoms with van der Waals surface area (Å²) >= 11 is 0. The van der Waals surface area contributed by atoms with Crippen molar-refractivity contribution < 1.29 is 23.8 Å². The van der Waals surface area contributed by atoms with Crippen molar-refractivity contribution in [2.24, 2.45) is 0 Å². The van der Waals surface area contributed by atoms with E-state index in [1.165, 1.54) is 12.1 Å². The number of carboxylic acids is 1. The van der Waals surface area contributed by atoms with Gasteiger partial charge in [0.2, 0.25) is 0 Å². The average molecular weight is 423 g/mol. The number of carbonyl (C=O) groups is 1. The number of rotatable bonds is 7. The molecule has 1 fully saturated rings. The number of benzene rings is 1. The highest BCUT2D eigenvalue weighted by molar-refractivity contribution is 5.85. The van der Waals surface area contributed by atoms with Crippen LogP contribution < -0.4 is 4.74 Å². The summed E-state index contributed by atoms with van der Waals surface area (Å²) in [5.41, 5.74) is 2.12. The monoisotopic (exact) mass is 423 g/mol. The Morgan fingerprint density at radius 3 is 2.94 bits per heavy atom. The highest BCUT2D eigenvalue weighted by Gasteiger charge is 2.20. The molecule has 0 amide bonds. The Kier molecular flexibility index (Phi) is 6.37. The van der Waals surface area contributed by atoms with Gasteiger partial charge in [0.1, 0.15) is 18.2 Å². The minimum atomic E-state index is -1.14. The van der Waals surface area contributed by atoms with Crippen LogP contribution in [0.5, 0.6) is 5.75 Å². The van der Waals surface area contributed by atoms with Crippen molar-refractivity contribution in [3.8, 4) is 17.1 Å². The lowest BCUT2D eigenvalue weighted by molar-refractivity contribution is -0.131. The van der Waals surface area contributed by atoms with Gasteiger partial charge >= 0.3 is 5.97 Å². The zero-order chi connectivity index (χ0) is 21.6. The standard InChI is InChI=1S/C23H22FN3O4/c24-23-16(7-10-22(28)29)4-3-5-17(23)15-31-18-8-9-19(25-14-18)20-11-12-26-27(20)21-6-1-2-13-30-21/h3-5,7-12,14,21H,1-2,6,13,15H2,(H,28,29)/b10-7+. The van der Waals surface area contributed by atoms with Gasteiger partial charge in [-0.3, -0.25) is 4.98 Å². The molecule has 1 unspecified atom stereocenters. The predicted octanol–water partition coefficient (Wildman–Crippen LogP) is 4.46. The van der Waals surface area contributed by atoms with Crippen LogP contribution >= 0.6 is 0 Å². The third-order valence-corrected chi connectivity index (χ3v) is 5.01. The van der Waals surface area contributed by atoms with E-state index in [0.717, 1.165) is 43.3 Å². The first-order chi connectivity index (χ1) is 15.1. The molecule has 3 heterocycles. The third-order valence-electron chi connectivity index (χ3n) is 5.01. The second-order valence-electron chi connectivity index (χ2n) is 7.14. The van der Waals surface area contributed by atoms with Crippen LogP contribution in [0.4, 0.5) is 4.39 Å². The number of hydrogen-bond donors (Lipinski definition) is 1. The van der Waals surface area contributed by atoms with Crippen LogP contribution in [0.25, 0.3) is 17.5 Å². The molecule has 1 N–H and O–H groups in total. The average Bonchev–Trinajstić information content (AvgIpc) is 3.28. The van der Waals surface area contributed by atoms with Crippen molar-refractivity contribution in [1.82, 2.24) is 14.8 Å². The molecule has 8 heteroatoms. The highest BCUT2D eigenvalue weighted by Crippen LogP contribution is 2.28. The Hall–Kier alpha value is -3.52. The lowest BCUT2D eigenvalue weighted by Crippen LogP contribution is -2.20. The van der Waals surface area contributed by atoms with E-state index in [1.54, 1.807) is 30.6 Å². The molecule has 1 aromatic carbocycles. The number of halogens is 1. The molecule has 2 aromatic heterocycles. The van der Waals surface area contributed by atoms with Gasteiger partial charge in [-0.1, -0.05) is 18.2 Å².